The van der Waals surface area contributed by atoms with E-state index < -0.39 is 28.0 Å². The number of dihydropyridines is 1. The third-order valence-corrected chi connectivity index (χ3v) is 8.40. The zero-order valence-corrected chi connectivity index (χ0v) is 22.9. The average molecular weight is 534 g/mol. The highest BCUT2D eigenvalue weighted by atomic mass is 35.5. The number of ether oxygens (including phenoxy) is 3. The van der Waals surface area contributed by atoms with Gasteiger partial charge in [0.25, 0.3) is 0 Å². The van der Waals surface area contributed by atoms with Crippen LogP contribution in [0.25, 0.3) is 0 Å². The molecule has 9 heteroatoms. The largest absolute Gasteiger partial charge is 0.466 e. The van der Waals surface area contributed by atoms with Crippen LogP contribution in [0.2, 0.25) is 5.02 Å². The highest BCUT2D eigenvalue weighted by molar-refractivity contribution is 7.95. The first-order valence-electron chi connectivity index (χ1n) is 11.7. The third kappa shape index (κ3) is 5.77. The van der Waals surface area contributed by atoms with Crippen LogP contribution in [0, 0.1) is 0 Å². The zero-order chi connectivity index (χ0) is 26.6. The molecular weight excluding hydrogens is 502 g/mol. The summed E-state index contributed by atoms with van der Waals surface area (Å²) in [6.07, 6.45) is 0.396. The number of sulfone groups is 1. The Labute approximate surface area is 218 Å². The summed E-state index contributed by atoms with van der Waals surface area (Å²) in [6, 6.07) is 13.0. The number of hydrogen-bond donors (Lipinski definition) is 1. The quantitative estimate of drug-likeness (QED) is 0.325. The first kappa shape index (κ1) is 27.8. The molecule has 36 heavy (non-hydrogen) atoms. The van der Waals surface area contributed by atoms with Crippen LogP contribution in [0.1, 0.15) is 52.5 Å². The van der Waals surface area contributed by atoms with Gasteiger partial charge in [-0.3, -0.25) is 0 Å². The number of rotatable bonds is 9. The molecule has 3 rings (SSSR count). The number of allylic oxidation sites excluding steroid dienone is 3. The van der Waals surface area contributed by atoms with Crippen molar-refractivity contribution >= 4 is 27.4 Å². The van der Waals surface area contributed by atoms with Crippen molar-refractivity contribution in [1.82, 2.24) is 5.32 Å². The lowest BCUT2D eigenvalue weighted by atomic mass is 9.86. The van der Waals surface area contributed by atoms with Gasteiger partial charge in [0.05, 0.1) is 34.5 Å². The Hall–Kier alpha value is -2.81. The van der Waals surface area contributed by atoms with Crippen molar-refractivity contribution in [3.8, 4) is 5.75 Å². The van der Waals surface area contributed by atoms with Crippen LogP contribution >= 0.6 is 11.6 Å². The van der Waals surface area contributed by atoms with Gasteiger partial charge in [0, 0.05) is 16.4 Å². The number of hydrogen-bond acceptors (Lipinski definition) is 7. The van der Waals surface area contributed by atoms with Gasteiger partial charge in [-0.1, -0.05) is 36.7 Å². The number of benzene rings is 2. The number of esters is 1. The van der Waals surface area contributed by atoms with Gasteiger partial charge in [-0.25, -0.2) is 13.2 Å². The van der Waals surface area contributed by atoms with Crippen molar-refractivity contribution in [2.24, 2.45) is 0 Å². The Balaban J connectivity index is 2.05. The predicted molar refractivity (Wildman–Crippen MR) is 139 cm³/mol. The Morgan fingerprint density at radius 3 is 2.28 bits per heavy atom. The van der Waals surface area contributed by atoms with E-state index in [1.54, 1.807) is 57.2 Å². The van der Waals surface area contributed by atoms with Gasteiger partial charge in [-0.15, -0.1) is 0 Å². The molecule has 2 aromatic carbocycles. The van der Waals surface area contributed by atoms with E-state index in [0.717, 1.165) is 6.42 Å². The number of carbonyl (C=O) groups excluding carboxylic acids is 1. The molecule has 0 saturated heterocycles. The minimum atomic E-state index is -4.06. The molecule has 3 unspecified atom stereocenters. The molecule has 194 valence electrons. The number of carbonyl (C=O) groups is 1. The molecule has 1 heterocycles. The van der Waals surface area contributed by atoms with Crippen molar-refractivity contribution in [3.05, 3.63) is 81.0 Å². The summed E-state index contributed by atoms with van der Waals surface area (Å²) in [7, 11) is -2.80. The van der Waals surface area contributed by atoms with E-state index in [4.69, 9.17) is 25.8 Å². The monoisotopic (exact) mass is 533 g/mol. The molecule has 0 bridgehead atoms. The Bertz CT molecular complexity index is 1280. The number of nitrogens with one attached hydrogen (secondary N) is 1. The Kier molecular flexibility index (Phi) is 8.87. The summed E-state index contributed by atoms with van der Waals surface area (Å²) < 4.78 is 44.5. The molecule has 0 saturated carbocycles. The second kappa shape index (κ2) is 11.5. The molecule has 0 aromatic heterocycles. The highest BCUT2D eigenvalue weighted by Gasteiger charge is 2.41. The highest BCUT2D eigenvalue weighted by Crippen LogP contribution is 2.45. The van der Waals surface area contributed by atoms with Gasteiger partial charge in [0.1, 0.15) is 5.75 Å². The molecule has 0 amide bonds. The molecule has 2 aromatic rings. The minimum Gasteiger partial charge on any atom is -0.466 e. The standard InChI is InChI=1S/C27H32ClNO6S/c1-7-16(2)34-19(5)35-20-12-14-21(15-13-20)36(31,32)26-18(4)29-17(3)24(27(30)33-6)25(26)22-10-8-9-11-23(22)28/h8-16,19,25,29H,7H2,1-6H3. The van der Waals surface area contributed by atoms with Gasteiger partial charge >= 0.3 is 5.97 Å². The SMILES string of the molecule is CCC(C)OC(C)Oc1ccc(S(=O)(=O)C2=C(C)NC(C)=C(C(=O)OC)C2c2ccccc2Cl)cc1. The molecule has 1 aliphatic heterocycles. The van der Waals surface area contributed by atoms with Crippen LogP contribution in [0.3, 0.4) is 0 Å². The van der Waals surface area contributed by atoms with Gasteiger partial charge in [0.15, 0.2) is 6.29 Å². The van der Waals surface area contributed by atoms with Gasteiger partial charge in [-0.2, -0.15) is 0 Å². The second-order valence-corrected chi connectivity index (χ2v) is 10.9. The molecule has 0 radical (unpaired) electrons. The normalized spacial score (nSPS) is 17.9. The minimum absolute atomic E-state index is 0.0312. The molecule has 3 atom stereocenters. The maximum absolute atomic E-state index is 14.0. The fourth-order valence-electron chi connectivity index (χ4n) is 4.18. The van der Waals surface area contributed by atoms with Gasteiger partial charge < -0.3 is 19.5 Å². The number of halogens is 1. The Morgan fingerprint density at radius 1 is 1.06 bits per heavy atom. The van der Waals surface area contributed by atoms with Crippen molar-refractivity contribution < 1.29 is 27.4 Å². The average Bonchev–Trinajstić information content (AvgIpc) is 2.83. The summed E-state index contributed by atoms with van der Waals surface area (Å²) in [5.74, 6) is -1.10. The summed E-state index contributed by atoms with van der Waals surface area (Å²) in [6.45, 7) is 9.14. The summed E-state index contributed by atoms with van der Waals surface area (Å²) in [5, 5.41) is 3.39. The first-order valence-corrected chi connectivity index (χ1v) is 13.6. The lowest BCUT2D eigenvalue weighted by Crippen LogP contribution is -2.31. The fourth-order valence-corrected chi connectivity index (χ4v) is 6.19. The lowest BCUT2D eigenvalue weighted by Gasteiger charge is -2.31. The van der Waals surface area contributed by atoms with E-state index in [-0.39, 0.29) is 21.5 Å². The first-order chi connectivity index (χ1) is 17.0. The van der Waals surface area contributed by atoms with E-state index in [2.05, 4.69) is 5.32 Å². The van der Waals surface area contributed by atoms with E-state index in [1.807, 2.05) is 13.8 Å². The zero-order valence-electron chi connectivity index (χ0n) is 21.3. The van der Waals surface area contributed by atoms with Crippen molar-refractivity contribution in [3.63, 3.8) is 0 Å². The molecule has 0 spiro atoms. The molecular formula is C27H32ClNO6S. The summed E-state index contributed by atoms with van der Waals surface area (Å²) in [5.41, 5.74) is 1.59. The molecule has 7 nitrogen and oxygen atoms in total. The van der Waals surface area contributed by atoms with Crippen LogP contribution in [0.5, 0.6) is 5.75 Å². The van der Waals surface area contributed by atoms with E-state index in [1.165, 1.54) is 19.2 Å². The molecule has 1 aliphatic rings. The smallest absolute Gasteiger partial charge is 0.336 e. The second-order valence-electron chi connectivity index (χ2n) is 8.61. The molecule has 1 N–H and O–H groups in total. The lowest BCUT2D eigenvalue weighted by molar-refractivity contribution is -0.136. The van der Waals surface area contributed by atoms with Gasteiger partial charge in [-0.05, 0) is 70.0 Å². The predicted octanol–water partition coefficient (Wildman–Crippen LogP) is 5.72. The maximum atomic E-state index is 14.0. The fraction of sp³-hybridized carbons (Fsp3) is 0.370. The maximum Gasteiger partial charge on any atom is 0.336 e. The van der Waals surface area contributed by atoms with Crippen LogP contribution < -0.4 is 10.1 Å². The van der Waals surface area contributed by atoms with Crippen LogP contribution in [0.4, 0.5) is 0 Å². The third-order valence-electron chi connectivity index (χ3n) is 6.05. The van der Waals surface area contributed by atoms with Crippen molar-refractivity contribution in [2.45, 2.75) is 64.2 Å². The molecule has 0 aliphatic carbocycles. The Morgan fingerprint density at radius 2 is 1.69 bits per heavy atom. The number of methoxy groups -OCH3 is 1. The summed E-state index contributed by atoms with van der Waals surface area (Å²) in [4.78, 5) is 12.9. The van der Waals surface area contributed by atoms with Gasteiger partial charge in [0.2, 0.25) is 9.84 Å². The van der Waals surface area contributed by atoms with E-state index in [9.17, 15) is 13.2 Å². The van der Waals surface area contributed by atoms with Crippen molar-refractivity contribution in [2.75, 3.05) is 7.11 Å². The van der Waals surface area contributed by atoms with Crippen LogP contribution in [-0.2, 0) is 24.1 Å². The van der Waals surface area contributed by atoms with Crippen molar-refractivity contribution in [1.29, 1.82) is 0 Å². The van der Waals surface area contributed by atoms with Crippen LogP contribution in [0.15, 0.2) is 75.3 Å². The van der Waals surface area contributed by atoms with Crippen LogP contribution in [-0.4, -0.2) is 33.9 Å². The topological polar surface area (TPSA) is 90.9 Å². The summed E-state index contributed by atoms with van der Waals surface area (Å²) >= 11 is 6.50. The molecule has 0 fully saturated rings. The van der Waals surface area contributed by atoms with E-state index >= 15 is 0 Å². The van der Waals surface area contributed by atoms with E-state index in [0.29, 0.717) is 27.7 Å².